The van der Waals surface area contributed by atoms with E-state index < -0.39 is 11.9 Å². The molecule has 10 nitrogen and oxygen atoms in total. The number of nitrogens with one attached hydrogen (secondary N) is 1. The Morgan fingerprint density at radius 3 is 2.69 bits per heavy atom. The summed E-state index contributed by atoms with van der Waals surface area (Å²) in [7, 11) is 1.56. The second-order valence-electron chi connectivity index (χ2n) is 7.96. The predicted molar refractivity (Wildman–Crippen MR) is 130 cm³/mol. The molecule has 4 rings (SSSR count). The predicted octanol–water partition coefficient (Wildman–Crippen LogP) is 3.46. The lowest BCUT2D eigenvalue weighted by molar-refractivity contribution is -0.151. The van der Waals surface area contributed by atoms with Crippen molar-refractivity contribution in [3.63, 3.8) is 0 Å². The molecule has 0 radical (unpaired) electrons. The van der Waals surface area contributed by atoms with Crippen LogP contribution in [0, 0.1) is 5.92 Å². The molecule has 1 aliphatic heterocycles. The number of rotatable bonds is 7. The average Bonchev–Trinajstić information content (AvgIpc) is 2.87. The molecule has 182 valence electrons. The van der Waals surface area contributed by atoms with E-state index in [1.54, 1.807) is 48.4 Å². The number of methoxy groups -OCH3 is 1. The topological polar surface area (TPSA) is 133 Å². The van der Waals surface area contributed by atoms with Crippen LogP contribution in [0.5, 0.6) is 5.75 Å². The first-order valence-electron chi connectivity index (χ1n) is 11.0. The monoisotopic (exact) mass is 496 g/mol. The number of halogens is 1. The fourth-order valence-corrected chi connectivity index (χ4v) is 3.94. The number of hydrogen-bond donors (Lipinski definition) is 2. The van der Waals surface area contributed by atoms with E-state index in [1.807, 2.05) is 12.1 Å². The summed E-state index contributed by atoms with van der Waals surface area (Å²) in [5, 5.41) is 3.59. The molecule has 3 N–H and O–H groups in total. The number of hydrogen-bond acceptors (Lipinski definition) is 9. The van der Waals surface area contributed by atoms with E-state index in [0.29, 0.717) is 41.4 Å². The van der Waals surface area contributed by atoms with E-state index in [1.165, 1.54) is 0 Å². The van der Waals surface area contributed by atoms with Gasteiger partial charge in [0.25, 0.3) is 5.91 Å². The molecule has 11 heteroatoms. The van der Waals surface area contributed by atoms with E-state index in [2.05, 4.69) is 20.3 Å². The fourth-order valence-electron chi connectivity index (χ4n) is 3.81. The van der Waals surface area contributed by atoms with E-state index >= 15 is 0 Å². The molecular weight excluding hydrogens is 472 g/mol. The zero-order chi connectivity index (χ0) is 24.8. The number of amides is 1. The second-order valence-corrected chi connectivity index (χ2v) is 8.40. The summed E-state index contributed by atoms with van der Waals surface area (Å²) in [5.41, 5.74) is 7.00. The number of piperidine rings is 1. The maximum absolute atomic E-state index is 12.8. The van der Waals surface area contributed by atoms with Gasteiger partial charge in [-0.25, -0.2) is 0 Å². The van der Waals surface area contributed by atoms with Crippen molar-refractivity contribution < 1.29 is 19.1 Å². The summed E-state index contributed by atoms with van der Waals surface area (Å²) in [6.07, 6.45) is 1.33. The Balaban J connectivity index is 1.37. The third-order valence-corrected chi connectivity index (χ3v) is 5.78. The molecule has 1 fully saturated rings. The van der Waals surface area contributed by atoms with Crippen molar-refractivity contribution >= 4 is 41.1 Å². The summed E-state index contributed by atoms with van der Waals surface area (Å²) in [6, 6.07) is 14.0. The largest absolute Gasteiger partial charge is 0.495 e. The van der Waals surface area contributed by atoms with Gasteiger partial charge in [0.2, 0.25) is 11.9 Å². The van der Waals surface area contributed by atoms with Gasteiger partial charge in [-0.15, -0.1) is 0 Å². The first-order valence-corrected chi connectivity index (χ1v) is 11.4. The number of nitrogens with two attached hydrogens (primary N) is 1. The third kappa shape index (κ3) is 6.15. The number of para-hydroxylation sites is 2. The van der Waals surface area contributed by atoms with Gasteiger partial charge in [-0.2, -0.15) is 15.0 Å². The van der Waals surface area contributed by atoms with Crippen molar-refractivity contribution in [2.45, 2.75) is 19.4 Å². The van der Waals surface area contributed by atoms with Crippen LogP contribution in [0.2, 0.25) is 5.02 Å². The average molecular weight is 497 g/mol. The van der Waals surface area contributed by atoms with Gasteiger partial charge in [0.1, 0.15) is 5.75 Å². The Bertz CT molecular complexity index is 1210. The van der Waals surface area contributed by atoms with E-state index in [4.69, 9.17) is 26.8 Å². The second kappa shape index (κ2) is 11.0. The number of aromatic nitrogens is 3. The third-order valence-electron chi connectivity index (χ3n) is 5.53. The lowest BCUT2D eigenvalue weighted by Gasteiger charge is -2.31. The number of benzene rings is 2. The molecule has 0 bridgehead atoms. The molecule has 0 spiro atoms. The number of carbonyl (C=O) groups is 2. The zero-order valence-corrected chi connectivity index (χ0v) is 19.9. The van der Waals surface area contributed by atoms with Crippen LogP contribution in [0.3, 0.4) is 0 Å². The molecule has 1 aliphatic rings. The Morgan fingerprint density at radius 1 is 1.14 bits per heavy atom. The van der Waals surface area contributed by atoms with Gasteiger partial charge in [-0.3, -0.25) is 9.59 Å². The normalized spacial score (nSPS) is 15.4. The number of esters is 1. The van der Waals surface area contributed by atoms with Crippen LogP contribution in [-0.2, 0) is 16.1 Å². The fraction of sp³-hybridized carbons (Fsp3) is 0.292. The lowest BCUT2D eigenvalue weighted by Crippen LogP contribution is -2.42. The highest BCUT2D eigenvalue weighted by atomic mass is 35.5. The molecule has 2 aromatic carbocycles. The Morgan fingerprint density at radius 2 is 1.91 bits per heavy atom. The minimum atomic E-state index is -0.439. The highest BCUT2D eigenvalue weighted by Crippen LogP contribution is 2.26. The van der Waals surface area contributed by atoms with Crippen LogP contribution in [0.4, 0.5) is 17.6 Å². The van der Waals surface area contributed by atoms with E-state index in [0.717, 1.165) is 0 Å². The van der Waals surface area contributed by atoms with Crippen molar-refractivity contribution in [3.05, 3.63) is 64.9 Å². The van der Waals surface area contributed by atoms with Crippen LogP contribution in [0.1, 0.15) is 29.0 Å². The minimum absolute atomic E-state index is 0.0131. The Hall–Kier alpha value is -3.92. The van der Waals surface area contributed by atoms with Crippen LogP contribution < -0.4 is 15.8 Å². The molecule has 1 atom stereocenters. The van der Waals surface area contributed by atoms with Crippen molar-refractivity contribution in [2.24, 2.45) is 5.92 Å². The number of likely N-dealkylation sites (tertiary alicyclic amines) is 1. The summed E-state index contributed by atoms with van der Waals surface area (Å²) in [6.45, 7) is 0.682. The highest BCUT2D eigenvalue weighted by molar-refractivity contribution is 6.30. The molecular formula is C24H25ClN6O4. The number of nitrogens with zero attached hydrogens (tertiary/aromatic N) is 4. The summed E-state index contributed by atoms with van der Waals surface area (Å²) in [4.78, 5) is 39.6. The number of anilines is 3. The van der Waals surface area contributed by atoms with Crippen molar-refractivity contribution in [3.8, 4) is 5.75 Å². The molecule has 0 saturated carbocycles. The number of carbonyl (C=O) groups excluding carboxylic acids is 2. The highest BCUT2D eigenvalue weighted by Gasteiger charge is 2.30. The molecule has 35 heavy (non-hydrogen) atoms. The number of ether oxygens (including phenoxy) is 2. The van der Waals surface area contributed by atoms with E-state index in [-0.39, 0.29) is 36.8 Å². The van der Waals surface area contributed by atoms with Gasteiger partial charge in [-0.05, 0) is 49.2 Å². The van der Waals surface area contributed by atoms with Gasteiger partial charge in [0, 0.05) is 23.7 Å². The molecule has 1 amide bonds. The molecule has 1 unspecified atom stereocenters. The van der Waals surface area contributed by atoms with Crippen LogP contribution >= 0.6 is 11.6 Å². The number of nitrogen functional groups attached to an aromatic ring is 1. The van der Waals surface area contributed by atoms with Gasteiger partial charge in [0.05, 0.1) is 18.7 Å². The molecule has 2 heterocycles. The Labute approximate surface area is 207 Å². The minimum Gasteiger partial charge on any atom is -0.495 e. The quantitative estimate of drug-likeness (QED) is 0.472. The summed E-state index contributed by atoms with van der Waals surface area (Å²) < 4.78 is 10.8. The van der Waals surface area contributed by atoms with Crippen molar-refractivity contribution in [1.82, 2.24) is 19.9 Å². The summed E-state index contributed by atoms with van der Waals surface area (Å²) in [5.74, 6) is -0.00688. The maximum Gasteiger partial charge on any atom is 0.311 e. The molecule has 0 aliphatic carbocycles. The smallest absolute Gasteiger partial charge is 0.311 e. The van der Waals surface area contributed by atoms with Crippen molar-refractivity contribution in [1.29, 1.82) is 0 Å². The molecule has 1 saturated heterocycles. The zero-order valence-electron chi connectivity index (χ0n) is 19.1. The SMILES string of the molecule is COc1ccccc1Nc1nc(N)nc(COC(=O)C2CCCN(C(=O)c3ccc(Cl)cc3)C2)n1. The standard InChI is InChI=1S/C24H25ClN6O4/c1-34-19-7-3-2-6-18(19)27-24-29-20(28-23(26)30-24)14-35-22(33)16-5-4-12-31(13-16)21(32)15-8-10-17(25)11-9-15/h2-3,6-11,16H,4-5,12-14H2,1H3,(H3,26,27,28,29,30). The van der Waals surface area contributed by atoms with Gasteiger partial charge in [-0.1, -0.05) is 23.7 Å². The van der Waals surface area contributed by atoms with Crippen LogP contribution in [0.25, 0.3) is 0 Å². The first kappa shape index (κ1) is 24.2. The maximum atomic E-state index is 12.8. The van der Waals surface area contributed by atoms with Gasteiger partial charge in [0.15, 0.2) is 12.4 Å². The van der Waals surface area contributed by atoms with Crippen molar-refractivity contribution in [2.75, 3.05) is 31.2 Å². The van der Waals surface area contributed by atoms with E-state index in [9.17, 15) is 9.59 Å². The van der Waals surface area contributed by atoms with Crippen LogP contribution in [0.15, 0.2) is 48.5 Å². The van der Waals surface area contributed by atoms with Crippen LogP contribution in [-0.4, -0.2) is 51.9 Å². The molecule has 3 aromatic rings. The Kier molecular flexibility index (Phi) is 7.61. The molecule has 1 aromatic heterocycles. The summed E-state index contributed by atoms with van der Waals surface area (Å²) >= 11 is 5.91. The van der Waals surface area contributed by atoms with Gasteiger partial charge >= 0.3 is 5.97 Å². The lowest BCUT2D eigenvalue weighted by atomic mass is 9.97. The van der Waals surface area contributed by atoms with Gasteiger partial charge < -0.3 is 25.4 Å². The first-order chi connectivity index (χ1) is 16.9.